The number of unbranched alkanes of at least 4 members (excludes halogenated alkanes) is 36. The van der Waals surface area contributed by atoms with Crippen molar-refractivity contribution in [2.24, 2.45) is 0 Å². The van der Waals surface area contributed by atoms with Gasteiger partial charge in [-0.2, -0.15) is 0 Å². The number of amides is 1. The highest BCUT2D eigenvalue weighted by Gasteiger charge is 2.20. The van der Waals surface area contributed by atoms with Gasteiger partial charge in [0, 0.05) is 12.8 Å². The standard InChI is InChI=1S/C53H103NO5/c1-3-5-7-9-11-13-15-17-19-20-21-22-23-25-27-31-35-39-43-47-53(58)59-48-44-40-36-32-28-30-34-38-42-46-52(57)54-50(49-55)51(56)45-41-37-33-29-26-24-18-16-14-12-10-8-6-4-2/h17,19,50-51,55-56H,3-16,18,20-49H2,1-2H3,(H,54,57)/b19-17-. The van der Waals surface area contributed by atoms with Gasteiger partial charge in [0.15, 0.2) is 0 Å². The van der Waals surface area contributed by atoms with Crippen molar-refractivity contribution in [3.8, 4) is 0 Å². The molecule has 0 aliphatic carbocycles. The van der Waals surface area contributed by atoms with Gasteiger partial charge in [-0.25, -0.2) is 0 Å². The Bertz CT molecular complexity index is 878. The largest absolute Gasteiger partial charge is 0.466 e. The Balaban J connectivity index is 3.46. The van der Waals surface area contributed by atoms with E-state index in [1.54, 1.807) is 0 Å². The first kappa shape index (κ1) is 57.6. The molecule has 0 aromatic rings. The molecule has 0 rings (SSSR count). The number of esters is 1. The summed E-state index contributed by atoms with van der Waals surface area (Å²) in [5.74, 6) is -0.0863. The summed E-state index contributed by atoms with van der Waals surface area (Å²) in [6.45, 7) is 4.89. The monoisotopic (exact) mass is 834 g/mol. The molecular formula is C53H103NO5. The second-order valence-electron chi connectivity index (χ2n) is 18.2. The topological polar surface area (TPSA) is 95.9 Å². The van der Waals surface area contributed by atoms with Gasteiger partial charge in [-0.05, 0) is 51.4 Å². The lowest BCUT2D eigenvalue weighted by Crippen LogP contribution is -2.45. The quantitative estimate of drug-likeness (QED) is 0.0322. The van der Waals surface area contributed by atoms with Crippen LogP contribution in [0.3, 0.4) is 0 Å². The maximum absolute atomic E-state index is 12.4. The van der Waals surface area contributed by atoms with Gasteiger partial charge in [0.1, 0.15) is 0 Å². The molecule has 0 spiro atoms. The number of hydrogen-bond acceptors (Lipinski definition) is 5. The SMILES string of the molecule is CCCCCCCC/C=C\CCCCCCCCCCCC(=O)OCCCCCCCCCCCC(=O)NC(CO)C(O)CCCCCCCCCCCCCCCC. The van der Waals surface area contributed by atoms with Crippen molar-refractivity contribution in [1.82, 2.24) is 5.32 Å². The maximum atomic E-state index is 12.4. The number of aliphatic hydroxyl groups excluding tert-OH is 2. The van der Waals surface area contributed by atoms with Crippen molar-refractivity contribution in [3.63, 3.8) is 0 Å². The Hall–Kier alpha value is -1.40. The van der Waals surface area contributed by atoms with E-state index in [1.165, 1.54) is 199 Å². The smallest absolute Gasteiger partial charge is 0.305 e. The molecule has 0 aromatic heterocycles. The molecule has 6 heteroatoms. The van der Waals surface area contributed by atoms with Crippen molar-refractivity contribution in [2.75, 3.05) is 13.2 Å². The van der Waals surface area contributed by atoms with E-state index in [4.69, 9.17) is 4.74 Å². The Morgan fingerprint density at radius 3 is 1.20 bits per heavy atom. The Kier molecular flexibility index (Phi) is 48.1. The lowest BCUT2D eigenvalue weighted by atomic mass is 10.0. The highest BCUT2D eigenvalue weighted by Crippen LogP contribution is 2.16. The van der Waals surface area contributed by atoms with Crippen LogP contribution in [0.25, 0.3) is 0 Å². The molecule has 0 heterocycles. The molecule has 0 bridgehead atoms. The van der Waals surface area contributed by atoms with Crippen molar-refractivity contribution in [1.29, 1.82) is 0 Å². The number of allylic oxidation sites excluding steroid dienone is 2. The van der Waals surface area contributed by atoms with Gasteiger partial charge >= 0.3 is 5.97 Å². The van der Waals surface area contributed by atoms with E-state index in [0.717, 1.165) is 57.8 Å². The molecule has 6 nitrogen and oxygen atoms in total. The fraction of sp³-hybridized carbons (Fsp3) is 0.925. The summed E-state index contributed by atoms with van der Waals surface area (Å²) in [5.41, 5.74) is 0. The third-order valence-corrected chi connectivity index (χ3v) is 12.3. The van der Waals surface area contributed by atoms with Gasteiger partial charge in [-0.3, -0.25) is 9.59 Å². The van der Waals surface area contributed by atoms with Crippen LogP contribution in [0.15, 0.2) is 12.2 Å². The van der Waals surface area contributed by atoms with E-state index in [0.29, 0.717) is 25.9 Å². The average molecular weight is 834 g/mol. The van der Waals surface area contributed by atoms with E-state index in [2.05, 4.69) is 31.3 Å². The van der Waals surface area contributed by atoms with Crippen molar-refractivity contribution < 1.29 is 24.5 Å². The highest BCUT2D eigenvalue weighted by molar-refractivity contribution is 5.76. The summed E-state index contributed by atoms with van der Waals surface area (Å²) in [6.07, 6.45) is 56.1. The van der Waals surface area contributed by atoms with E-state index in [1.807, 2.05) is 0 Å². The summed E-state index contributed by atoms with van der Waals surface area (Å²) in [6, 6.07) is -0.560. The first-order chi connectivity index (χ1) is 29.0. The summed E-state index contributed by atoms with van der Waals surface area (Å²) in [5, 5.41) is 23.2. The van der Waals surface area contributed by atoms with Crippen LogP contribution in [0.5, 0.6) is 0 Å². The molecular weight excluding hydrogens is 731 g/mol. The molecule has 0 saturated heterocycles. The molecule has 0 aliphatic rings. The van der Waals surface area contributed by atoms with Crippen LogP contribution in [0.4, 0.5) is 0 Å². The lowest BCUT2D eigenvalue weighted by Gasteiger charge is -2.22. The molecule has 0 aliphatic heterocycles. The minimum Gasteiger partial charge on any atom is -0.466 e. The molecule has 0 fully saturated rings. The van der Waals surface area contributed by atoms with Crippen LogP contribution >= 0.6 is 0 Å². The van der Waals surface area contributed by atoms with Crippen LogP contribution in [0.2, 0.25) is 0 Å². The second kappa shape index (κ2) is 49.3. The number of carbonyl (C=O) groups is 2. The fourth-order valence-corrected chi connectivity index (χ4v) is 8.22. The van der Waals surface area contributed by atoms with E-state index in [9.17, 15) is 19.8 Å². The molecule has 0 radical (unpaired) electrons. The number of aliphatic hydroxyl groups is 2. The van der Waals surface area contributed by atoms with Crippen LogP contribution in [0.1, 0.15) is 290 Å². The van der Waals surface area contributed by atoms with Gasteiger partial charge < -0.3 is 20.3 Å². The predicted molar refractivity (Wildman–Crippen MR) is 255 cm³/mol. The third kappa shape index (κ3) is 45.9. The summed E-state index contributed by atoms with van der Waals surface area (Å²) in [4.78, 5) is 24.5. The molecule has 0 aromatic carbocycles. The lowest BCUT2D eigenvalue weighted by molar-refractivity contribution is -0.143. The first-order valence-corrected chi connectivity index (χ1v) is 26.4. The number of nitrogens with one attached hydrogen (secondary N) is 1. The van der Waals surface area contributed by atoms with Crippen LogP contribution in [-0.2, 0) is 14.3 Å². The molecule has 1 amide bonds. The van der Waals surface area contributed by atoms with Crippen molar-refractivity contribution >= 4 is 11.9 Å². The number of hydrogen-bond donors (Lipinski definition) is 3. The zero-order valence-electron chi connectivity index (χ0n) is 39.7. The van der Waals surface area contributed by atoms with Gasteiger partial charge in [-0.1, -0.05) is 238 Å². The molecule has 59 heavy (non-hydrogen) atoms. The number of ether oxygens (including phenoxy) is 1. The third-order valence-electron chi connectivity index (χ3n) is 12.3. The second-order valence-corrected chi connectivity index (χ2v) is 18.2. The van der Waals surface area contributed by atoms with Crippen LogP contribution < -0.4 is 5.32 Å². The fourth-order valence-electron chi connectivity index (χ4n) is 8.22. The Morgan fingerprint density at radius 1 is 0.458 bits per heavy atom. The molecule has 2 atom stereocenters. The first-order valence-electron chi connectivity index (χ1n) is 26.4. The van der Waals surface area contributed by atoms with Crippen LogP contribution in [-0.4, -0.2) is 47.4 Å². The highest BCUT2D eigenvalue weighted by atomic mass is 16.5. The van der Waals surface area contributed by atoms with Gasteiger partial charge in [0.05, 0.1) is 25.4 Å². The summed E-state index contributed by atoms with van der Waals surface area (Å²) < 4.78 is 5.46. The van der Waals surface area contributed by atoms with Crippen molar-refractivity contribution in [3.05, 3.63) is 12.2 Å². The minimum atomic E-state index is -0.680. The Labute approximate surface area is 368 Å². The minimum absolute atomic E-state index is 0.0250. The number of carbonyl (C=O) groups excluding carboxylic acids is 2. The van der Waals surface area contributed by atoms with Gasteiger partial charge in [-0.15, -0.1) is 0 Å². The summed E-state index contributed by atoms with van der Waals surface area (Å²) >= 11 is 0. The van der Waals surface area contributed by atoms with E-state index >= 15 is 0 Å². The molecule has 0 saturated carbocycles. The van der Waals surface area contributed by atoms with Crippen LogP contribution in [0, 0.1) is 0 Å². The van der Waals surface area contributed by atoms with E-state index < -0.39 is 12.1 Å². The van der Waals surface area contributed by atoms with Gasteiger partial charge in [0.2, 0.25) is 5.91 Å². The number of rotatable bonds is 49. The zero-order valence-corrected chi connectivity index (χ0v) is 39.7. The molecule has 2 unspecified atom stereocenters. The molecule has 350 valence electrons. The van der Waals surface area contributed by atoms with Crippen molar-refractivity contribution in [2.45, 2.75) is 302 Å². The van der Waals surface area contributed by atoms with Gasteiger partial charge in [0.25, 0.3) is 0 Å². The normalized spacial score (nSPS) is 12.7. The predicted octanol–water partition coefficient (Wildman–Crippen LogP) is 15.7. The summed E-state index contributed by atoms with van der Waals surface area (Å²) in [7, 11) is 0. The van der Waals surface area contributed by atoms with E-state index in [-0.39, 0.29) is 18.5 Å². The zero-order chi connectivity index (χ0) is 43.0. The molecule has 3 N–H and O–H groups in total. The maximum Gasteiger partial charge on any atom is 0.305 e. The average Bonchev–Trinajstić information content (AvgIpc) is 3.24. The Morgan fingerprint density at radius 2 is 0.797 bits per heavy atom.